The van der Waals surface area contributed by atoms with Crippen molar-refractivity contribution in [3.8, 4) is 6.07 Å². The predicted molar refractivity (Wildman–Crippen MR) is 148 cm³/mol. The number of hydrogen-bond donors (Lipinski definition) is 1. The maximum atomic E-state index is 13.3. The van der Waals surface area contributed by atoms with Gasteiger partial charge in [0, 0.05) is 41.6 Å². The molecule has 39 heavy (non-hydrogen) atoms. The molecule has 0 atom stereocenters. The van der Waals surface area contributed by atoms with E-state index in [1.165, 1.54) is 10.4 Å². The summed E-state index contributed by atoms with van der Waals surface area (Å²) < 4.78 is 33.4. The topological polar surface area (TPSA) is 133 Å². The summed E-state index contributed by atoms with van der Waals surface area (Å²) in [6.07, 6.45) is 0. The van der Waals surface area contributed by atoms with Crippen molar-refractivity contribution in [3.05, 3.63) is 74.7 Å². The summed E-state index contributed by atoms with van der Waals surface area (Å²) in [4.78, 5) is 31.9. The fourth-order valence-corrected chi connectivity index (χ4v) is 7.03. The molecule has 1 aliphatic heterocycles. The third kappa shape index (κ3) is 6.39. The molecule has 0 aliphatic carbocycles. The van der Waals surface area contributed by atoms with E-state index in [1.807, 2.05) is 11.0 Å². The van der Waals surface area contributed by atoms with E-state index in [0.29, 0.717) is 40.1 Å². The normalized spacial score (nSPS) is 14.1. The first-order valence-corrected chi connectivity index (χ1v) is 14.7. The van der Waals surface area contributed by atoms with Gasteiger partial charge in [-0.2, -0.15) is 9.57 Å². The summed E-state index contributed by atoms with van der Waals surface area (Å²) in [7, 11) is -3.75. The summed E-state index contributed by atoms with van der Waals surface area (Å²) >= 11 is 6.97. The molecule has 4 rings (SSSR count). The minimum absolute atomic E-state index is 0.174. The first kappa shape index (κ1) is 28.5. The number of hydrogen-bond acceptors (Lipinski definition) is 9. The fraction of sp³-hybridized carbons (Fsp3) is 0.308. The number of esters is 1. The second-order valence-electron chi connectivity index (χ2n) is 8.63. The molecule has 1 N–H and O–H groups in total. The molecule has 0 radical (unpaired) electrons. The van der Waals surface area contributed by atoms with Gasteiger partial charge in [-0.1, -0.05) is 11.6 Å². The molecule has 13 heteroatoms. The Balaban J connectivity index is 1.42. The summed E-state index contributed by atoms with van der Waals surface area (Å²) in [5.74, 6) is -0.493. The largest absolute Gasteiger partial charge is 0.462 e. The highest BCUT2D eigenvalue weighted by Crippen LogP contribution is 2.28. The van der Waals surface area contributed by atoms with E-state index < -0.39 is 16.0 Å². The van der Waals surface area contributed by atoms with Crippen molar-refractivity contribution in [1.82, 2.24) is 14.6 Å². The van der Waals surface area contributed by atoms with Crippen molar-refractivity contribution >= 4 is 50.7 Å². The van der Waals surface area contributed by atoms with Crippen molar-refractivity contribution in [3.63, 3.8) is 0 Å². The lowest BCUT2D eigenvalue weighted by Crippen LogP contribution is -2.49. The molecule has 0 bridgehead atoms. The number of anilines is 1. The number of thiophene rings is 1. The van der Waals surface area contributed by atoms with Gasteiger partial charge < -0.3 is 15.0 Å². The van der Waals surface area contributed by atoms with Gasteiger partial charge >= 0.3 is 5.97 Å². The lowest BCUT2D eigenvalue weighted by Gasteiger charge is -2.35. The van der Waals surface area contributed by atoms with Crippen molar-refractivity contribution < 1.29 is 22.7 Å². The standard InChI is InChI=1S/C26H26ClN5O5S2/c1-3-37-26(34)22-14-19(15-28)17(2)30-24(22)31-10-12-32(13-11-31)39(35,36)23-9-8-21(38-23)16-29-25(33)18-4-6-20(27)7-5-18/h4-9,14H,3,10-13,16H2,1-2H3,(H,29,33). The zero-order valence-electron chi connectivity index (χ0n) is 21.3. The Morgan fingerprint density at radius 1 is 1.15 bits per heavy atom. The third-order valence-electron chi connectivity index (χ3n) is 6.11. The van der Waals surface area contributed by atoms with E-state index in [1.54, 1.807) is 50.2 Å². The summed E-state index contributed by atoms with van der Waals surface area (Å²) in [6.45, 7) is 4.72. The molecular weight excluding hydrogens is 562 g/mol. The molecule has 2 aromatic heterocycles. The predicted octanol–water partition coefficient (Wildman–Crippen LogP) is 3.59. The molecule has 1 aromatic carbocycles. The van der Waals surface area contributed by atoms with E-state index in [9.17, 15) is 23.3 Å². The zero-order chi connectivity index (χ0) is 28.2. The van der Waals surface area contributed by atoms with Crippen LogP contribution >= 0.6 is 22.9 Å². The van der Waals surface area contributed by atoms with E-state index in [-0.39, 0.29) is 47.5 Å². The highest BCUT2D eigenvalue weighted by Gasteiger charge is 2.32. The van der Waals surface area contributed by atoms with Gasteiger partial charge in [0.1, 0.15) is 21.7 Å². The number of nitrogens with one attached hydrogen (secondary N) is 1. The first-order chi connectivity index (χ1) is 18.6. The molecule has 0 spiro atoms. The SMILES string of the molecule is CCOC(=O)c1cc(C#N)c(C)nc1N1CCN(S(=O)(=O)c2ccc(CNC(=O)c3ccc(Cl)cc3)s2)CC1. The summed E-state index contributed by atoms with van der Waals surface area (Å²) in [5.41, 5.74) is 1.39. The number of piperazine rings is 1. The van der Waals surface area contributed by atoms with Crippen LogP contribution in [-0.4, -0.2) is 62.4 Å². The van der Waals surface area contributed by atoms with Gasteiger partial charge in [-0.3, -0.25) is 4.79 Å². The smallest absolute Gasteiger partial charge is 0.341 e. The van der Waals surface area contributed by atoms with Crippen LogP contribution in [0.5, 0.6) is 0 Å². The molecule has 1 aliphatic rings. The quantitative estimate of drug-likeness (QED) is 0.395. The molecule has 0 saturated carbocycles. The summed E-state index contributed by atoms with van der Waals surface area (Å²) in [5, 5.41) is 12.7. The van der Waals surface area contributed by atoms with Gasteiger partial charge in [0.05, 0.1) is 24.4 Å². The third-order valence-corrected chi connectivity index (χ3v) is 9.81. The van der Waals surface area contributed by atoms with Crippen LogP contribution in [0.3, 0.4) is 0 Å². The number of sulfonamides is 1. The van der Waals surface area contributed by atoms with Crippen LogP contribution in [0.2, 0.25) is 5.02 Å². The Kier molecular flexibility index (Phi) is 8.87. The highest BCUT2D eigenvalue weighted by molar-refractivity contribution is 7.91. The van der Waals surface area contributed by atoms with Crippen LogP contribution in [0.25, 0.3) is 0 Å². The van der Waals surface area contributed by atoms with E-state index >= 15 is 0 Å². The van der Waals surface area contributed by atoms with Gasteiger partial charge in [0.15, 0.2) is 0 Å². The lowest BCUT2D eigenvalue weighted by atomic mass is 10.1. The Morgan fingerprint density at radius 2 is 1.85 bits per heavy atom. The van der Waals surface area contributed by atoms with Gasteiger partial charge in [-0.05, 0) is 56.3 Å². The number of carbonyl (C=O) groups excluding carboxylic acids is 2. The Labute approximate surface area is 235 Å². The molecule has 1 fully saturated rings. The number of nitrogens with zero attached hydrogens (tertiary/aromatic N) is 4. The molecule has 10 nitrogen and oxygen atoms in total. The monoisotopic (exact) mass is 587 g/mol. The van der Waals surface area contributed by atoms with Crippen LogP contribution in [0.1, 0.15) is 43.8 Å². The van der Waals surface area contributed by atoms with E-state index in [2.05, 4.69) is 10.3 Å². The number of halogens is 1. The maximum absolute atomic E-state index is 13.3. The number of nitriles is 1. The number of carbonyl (C=O) groups is 2. The second-order valence-corrected chi connectivity index (χ2v) is 12.4. The Morgan fingerprint density at radius 3 is 2.49 bits per heavy atom. The number of rotatable bonds is 8. The van der Waals surface area contributed by atoms with Crippen molar-refractivity contribution in [2.24, 2.45) is 0 Å². The molecule has 0 unspecified atom stereocenters. The van der Waals surface area contributed by atoms with Crippen LogP contribution in [0.4, 0.5) is 5.82 Å². The van der Waals surface area contributed by atoms with Crippen molar-refractivity contribution in [2.75, 3.05) is 37.7 Å². The Bertz CT molecular complexity index is 1530. The number of aromatic nitrogens is 1. The zero-order valence-corrected chi connectivity index (χ0v) is 23.7. The second kappa shape index (κ2) is 12.1. The number of ether oxygens (including phenoxy) is 1. The minimum atomic E-state index is -3.75. The van der Waals surface area contributed by atoms with Gasteiger partial charge in [0.2, 0.25) is 0 Å². The Hall–Kier alpha value is -3.50. The molecular formula is C26H26ClN5O5S2. The average molecular weight is 588 g/mol. The van der Waals surface area contributed by atoms with Crippen LogP contribution in [0.15, 0.2) is 46.7 Å². The van der Waals surface area contributed by atoms with Crippen molar-refractivity contribution in [1.29, 1.82) is 5.26 Å². The molecule has 3 aromatic rings. The van der Waals surface area contributed by atoms with E-state index in [4.69, 9.17) is 16.3 Å². The fourth-order valence-electron chi connectivity index (χ4n) is 4.04. The number of benzene rings is 1. The number of pyridine rings is 1. The van der Waals surface area contributed by atoms with Gasteiger partial charge in [-0.15, -0.1) is 11.3 Å². The van der Waals surface area contributed by atoms with Crippen LogP contribution < -0.4 is 10.2 Å². The molecule has 1 saturated heterocycles. The highest BCUT2D eigenvalue weighted by atomic mass is 35.5. The molecule has 204 valence electrons. The molecule has 3 heterocycles. The van der Waals surface area contributed by atoms with E-state index in [0.717, 1.165) is 11.3 Å². The maximum Gasteiger partial charge on any atom is 0.341 e. The van der Waals surface area contributed by atoms with Crippen molar-refractivity contribution in [2.45, 2.75) is 24.6 Å². The van der Waals surface area contributed by atoms with Gasteiger partial charge in [0.25, 0.3) is 15.9 Å². The minimum Gasteiger partial charge on any atom is -0.462 e. The lowest BCUT2D eigenvalue weighted by molar-refractivity contribution is 0.0526. The number of aryl methyl sites for hydroxylation is 1. The summed E-state index contributed by atoms with van der Waals surface area (Å²) in [6, 6.07) is 13.2. The van der Waals surface area contributed by atoms with Gasteiger partial charge in [-0.25, -0.2) is 18.2 Å². The first-order valence-electron chi connectivity index (χ1n) is 12.1. The number of amides is 1. The average Bonchev–Trinajstić information content (AvgIpc) is 3.42. The van der Waals surface area contributed by atoms with Crippen LogP contribution in [0, 0.1) is 18.3 Å². The van der Waals surface area contributed by atoms with Crippen LogP contribution in [-0.2, 0) is 21.3 Å². The molecule has 1 amide bonds.